The first-order chi connectivity index (χ1) is 10.1. The van der Waals surface area contributed by atoms with Crippen LogP contribution in [0.3, 0.4) is 0 Å². The second-order valence-electron chi connectivity index (χ2n) is 5.11. The third kappa shape index (κ3) is 6.21. The SMILES string of the molecule is C[C@@H](N)CCc1ccc(OC(=O)N(C)C)c(OC(F)(F)F)c1. The molecular weight excluding hydrogens is 301 g/mol. The van der Waals surface area contributed by atoms with E-state index in [9.17, 15) is 18.0 Å². The first-order valence-corrected chi connectivity index (χ1v) is 6.62. The number of alkyl halides is 3. The van der Waals surface area contributed by atoms with E-state index in [0.29, 0.717) is 18.4 Å². The Morgan fingerprint density at radius 2 is 1.95 bits per heavy atom. The summed E-state index contributed by atoms with van der Waals surface area (Å²) in [6, 6.07) is 3.98. The van der Waals surface area contributed by atoms with Crippen molar-refractivity contribution in [3.05, 3.63) is 23.8 Å². The van der Waals surface area contributed by atoms with Gasteiger partial charge in [0.15, 0.2) is 11.5 Å². The molecule has 0 aromatic heterocycles. The van der Waals surface area contributed by atoms with Gasteiger partial charge in [-0.25, -0.2) is 4.79 Å². The van der Waals surface area contributed by atoms with Gasteiger partial charge in [-0.05, 0) is 37.5 Å². The van der Waals surface area contributed by atoms with Gasteiger partial charge in [0.2, 0.25) is 0 Å². The average Bonchev–Trinajstić information content (AvgIpc) is 2.36. The molecule has 0 heterocycles. The van der Waals surface area contributed by atoms with Crippen molar-refractivity contribution in [2.45, 2.75) is 32.2 Å². The number of carbonyl (C=O) groups is 1. The molecule has 0 bridgehead atoms. The van der Waals surface area contributed by atoms with Gasteiger partial charge in [-0.1, -0.05) is 6.07 Å². The van der Waals surface area contributed by atoms with E-state index in [1.807, 2.05) is 0 Å². The van der Waals surface area contributed by atoms with Gasteiger partial charge >= 0.3 is 12.5 Å². The Labute approximate surface area is 126 Å². The minimum atomic E-state index is -4.88. The first kappa shape index (κ1) is 18.1. The number of hydrogen-bond donors (Lipinski definition) is 1. The molecule has 124 valence electrons. The summed E-state index contributed by atoms with van der Waals surface area (Å²) in [5.41, 5.74) is 6.24. The lowest BCUT2D eigenvalue weighted by Gasteiger charge is -2.16. The molecule has 0 aliphatic heterocycles. The maximum atomic E-state index is 12.5. The molecule has 0 aliphatic rings. The molecule has 1 amide bonds. The van der Waals surface area contributed by atoms with Crippen LogP contribution in [0.25, 0.3) is 0 Å². The van der Waals surface area contributed by atoms with Crippen molar-refractivity contribution >= 4 is 6.09 Å². The van der Waals surface area contributed by atoms with Crippen molar-refractivity contribution in [2.24, 2.45) is 5.73 Å². The van der Waals surface area contributed by atoms with Gasteiger partial charge in [0.05, 0.1) is 0 Å². The molecule has 0 saturated carbocycles. The quantitative estimate of drug-likeness (QED) is 0.906. The van der Waals surface area contributed by atoms with E-state index in [4.69, 9.17) is 10.5 Å². The Balaban J connectivity index is 3.01. The molecule has 1 rings (SSSR count). The maximum absolute atomic E-state index is 12.5. The predicted octanol–water partition coefficient (Wildman–Crippen LogP) is 2.93. The number of nitrogens with two attached hydrogens (primary N) is 1. The summed E-state index contributed by atoms with van der Waals surface area (Å²) >= 11 is 0. The zero-order chi connectivity index (χ0) is 16.9. The van der Waals surface area contributed by atoms with Crippen LogP contribution in [0, 0.1) is 0 Å². The number of amides is 1. The van der Waals surface area contributed by atoms with Crippen molar-refractivity contribution in [3.8, 4) is 11.5 Å². The summed E-state index contributed by atoms with van der Waals surface area (Å²) in [6.45, 7) is 1.81. The topological polar surface area (TPSA) is 64.8 Å². The van der Waals surface area contributed by atoms with Crippen LogP contribution in [0.1, 0.15) is 18.9 Å². The fraction of sp³-hybridized carbons (Fsp3) is 0.500. The van der Waals surface area contributed by atoms with Gasteiger partial charge in [0.1, 0.15) is 0 Å². The highest BCUT2D eigenvalue weighted by atomic mass is 19.4. The number of ether oxygens (including phenoxy) is 2. The van der Waals surface area contributed by atoms with Gasteiger partial charge in [-0.2, -0.15) is 0 Å². The van der Waals surface area contributed by atoms with Crippen LogP contribution in [0.2, 0.25) is 0 Å². The van der Waals surface area contributed by atoms with Crippen LogP contribution in [-0.4, -0.2) is 37.5 Å². The number of nitrogens with zero attached hydrogens (tertiary/aromatic N) is 1. The van der Waals surface area contributed by atoms with E-state index in [2.05, 4.69) is 4.74 Å². The number of rotatable bonds is 5. The van der Waals surface area contributed by atoms with Crippen LogP contribution in [-0.2, 0) is 6.42 Å². The van der Waals surface area contributed by atoms with Crippen molar-refractivity contribution in [3.63, 3.8) is 0 Å². The Morgan fingerprint density at radius 1 is 1.32 bits per heavy atom. The van der Waals surface area contributed by atoms with E-state index in [1.54, 1.807) is 13.0 Å². The van der Waals surface area contributed by atoms with Crippen molar-refractivity contribution < 1.29 is 27.4 Å². The van der Waals surface area contributed by atoms with E-state index >= 15 is 0 Å². The molecule has 2 N–H and O–H groups in total. The molecule has 5 nitrogen and oxygen atoms in total. The summed E-state index contributed by atoms with van der Waals surface area (Å²) in [4.78, 5) is 12.6. The molecule has 22 heavy (non-hydrogen) atoms. The Hall–Kier alpha value is -1.96. The molecule has 0 fully saturated rings. The predicted molar refractivity (Wildman–Crippen MR) is 74.8 cm³/mol. The molecule has 0 spiro atoms. The number of aryl methyl sites for hydroxylation is 1. The number of benzene rings is 1. The monoisotopic (exact) mass is 320 g/mol. The minimum absolute atomic E-state index is 0.0711. The highest BCUT2D eigenvalue weighted by molar-refractivity contribution is 5.71. The van der Waals surface area contributed by atoms with Gasteiger partial charge in [-0.3, -0.25) is 0 Å². The lowest BCUT2D eigenvalue weighted by Crippen LogP contribution is -2.26. The molecule has 0 aliphatic carbocycles. The zero-order valence-electron chi connectivity index (χ0n) is 12.6. The van der Waals surface area contributed by atoms with Gasteiger partial charge < -0.3 is 20.1 Å². The number of hydrogen-bond acceptors (Lipinski definition) is 4. The van der Waals surface area contributed by atoms with E-state index < -0.39 is 18.2 Å². The second-order valence-corrected chi connectivity index (χ2v) is 5.11. The average molecular weight is 320 g/mol. The van der Waals surface area contributed by atoms with E-state index in [-0.39, 0.29) is 11.8 Å². The van der Waals surface area contributed by atoms with Gasteiger partial charge in [0.25, 0.3) is 0 Å². The van der Waals surface area contributed by atoms with Gasteiger partial charge in [0, 0.05) is 20.1 Å². The van der Waals surface area contributed by atoms with Crippen molar-refractivity contribution in [1.29, 1.82) is 0 Å². The molecular formula is C14H19F3N2O3. The van der Waals surface area contributed by atoms with Crippen molar-refractivity contribution in [2.75, 3.05) is 14.1 Å². The molecule has 1 aromatic rings. The summed E-state index contributed by atoms with van der Waals surface area (Å²) in [5, 5.41) is 0. The summed E-state index contributed by atoms with van der Waals surface area (Å²) in [7, 11) is 2.84. The van der Waals surface area contributed by atoms with E-state index in [1.165, 1.54) is 26.2 Å². The summed E-state index contributed by atoms with van der Waals surface area (Å²) in [5.74, 6) is -0.842. The fourth-order valence-electron chi connectivity index (χ4n) is 1.58. The zero-order valence-corrected chi connectivity index (χ0v) is 12.6. The lowest BCUT2D eigenvalue weighted by molar-refractivity contribution is -0.275. The highest BCUT2D eigenvalue weighted by Crippen LogP contribution is 2.33. The second kappa shape index (κ2) is 7.35. The molecule has 1 atom stereocenters. The van der Waals surface area contributed by atoms with Crippen molar-refractivity contribution in [1.82, 2.24) is 4.90 Å². The summed E-state index contributed by atoms with van der Waals surface area (Å²) in [6.07, 6.45) is -4.56. The third-order valence-corrected chi connectivity index (χ3v) is 2.68. The standard InChI is InChI=1S/C14H19F3N2O3/c1-9(18)4-5-10-6-7-11(21-13(20)19(2)3)12(8-10)22-14(15,16)17/h6-9H,4-5,18H2,1-3H3/t9-/m1/s1. The first-order valence-electron chi connectivity index (χ1n) is 6.62. The third-order valence-electron chi connectivity index (χ3n) is 2.68. The van der Waals surface area contributed by atoms with Gasteiger partial charge in [-0.15, -0.1) is 13.2 Å². The normalized spacial score (nSPS) is 12.7. The Morgan fingerprint density at radius 3 is 2.45 bits per heavy atom. The fourth-order valence-corrected chi connectivity index (χ4v) is 1.58. The largest absolute Gasteiger partial charge is 0.573 e. The van der Waals surface area contributed by atoms with Crippen LogP contribution in [0.5, 0.6) is 11.5 Å². The molecule has 0 saturated heterocycles. The molecule has 0 radical (unpaired) electrons. The minimum Gasteiger partial charge on any atom is -0.406 e. The number of halogens is 3. The maximum Gasteiger partial charge on any atom is 0.573 e. The molecule has 1 aromatic carbocycles. The van der Waals surface area contributed by atoms with Crippen LogP contribution in [0.15, 0.2) is 18.2 Å². The van der Waals surface area contributed by atoms with Crippen LogP contribution >= 0.6 is 0 Å². The smallest absolute Gasteiger partial charge is 0.406 e. The summed E-state index contributed by atoms with van der Waals surface area (Å²) < 4.78 is 46.2. The molecule has 0 unspecified atom stereocenters. The Kier molecular flexibility index (Phi) is 6.04. The highest BCUT2D eigenvalue weighted by Gasteiger charge is 2.33. The molecule has 8 heteroatoms. The lowest BCUT2D eigenvalue weighted by atomic mass is 10.1. The number of carbonyl (C=O) groups excluding carboxylic acids is 1. The van der Waals surface area contributed by atoms with E-state index in [0.717, 1.165) is 4.90 Å². The Bertz CT molecular complexity index is 517. The van der Waals surface area contributed by atoms with Crippen LogP contribution in [0.4, 0.5) is 18.0 Å². The van der Waals surface area contributed by atoms with Crippen LogP contribution < -0.4 is 15.2 Å².